The van der Waals surface area contributed by atoms with Crippen molar-refractivity contribution in [2.75, 3.05) is 27.4 Å². The van der Waals surface area contributed by atoms with E-state index in [9.17, 15) is 19.5 Å². The van der Waals surface area contributed by atoms with Crippen molar-refractivity contribution in [3.8, 4) is 17.2 Å². The number of methoxy groups -OCH3 is 2. The van der Waals surface area contributed by atoms with E-state index >= 15 is 0 Å². The van der Waals surface area contributed by atoms with E-state index in [1.165, 1.54) is 32.4 Å². The molecule has 1 aromatic rings. The summed E-state index contributed by atoms with van der Waals surface area (Å²) in [5.41, 5.74) is 0.494. The smallest absolute Gasteiger partial charge is 0.326 e. The van der Waals surface area contributed by atoms with Crippen LogP contribution in [-0.2, 0) is 14.3 Å². The van der Waals surface area contributed by atoms with Gasteiger partial charge in [-0.25, -0.2) is 0 Å². The fourth-order valence-corrected chi connectivity index (χ4v) is 2.96. The van der Waals surface area contributed by atoms with Gasteiger partial charge in [0.25, 0.3) is 11.1 Å². The van der Waals surface area contributed by atoms with Gasteiger partial charge in [-0.15, -0.1) is 0 Å². The summed E-state index contributed by atoms with van der Waals surface area (Å²) >= 11 is 0.714. The molecule has 0 atom stereocenters. The lowest BCUT2D eigenvalue weighted by atomic mass is 10.1. The van der Waals surface area contributed by atoms with Gasteiger partial charge in [0.1, 0.15) is 6.54 Å². The molecule has 25 heavy (non-hydrogen) atoms. The number of hydrogen-bond acceptors (Lipinski definition) is 8. The predicted octanol–water partition coefficient (Wildman–Crippen LogP) is 2.01. The number of nitrogens with zero attached hydrogens (tertiary/aromatic N) is 1. The minimum absolute atomic E-state index is 0.143. The molecule has 1 fully saturated rings. The molecule has 134 valence electrons. The SMILES string of the molecule is CCOC(=O)CN1C(=O)S/C(=C\c2cc(OC)c(O)c(OC)c2)C1=O. The monoisotopic (exact) mass is 367 g/mol. The van der Waals surface area contributed by atoms with E-state index in [0.29, 0.717) is 17.3 Å². The Kier molecular flexibility index (Phi) is 5.92. The van der Waals surface area contributed by atoms with Crippen LogP contribution in [0, 0.1) is 0 Å². The summed E-state index contributed by atoms with van der Waals surface area (Å²) in [4.78, 5) is 36.8. The van der Waals surface area contributed by atoms with Crippen molar-refractivity contribution < 1.29 is 33.7 Å². The van der Waals surface area contributed by atoms with E-state index in [1.54, 1.807) is 6.92 Å². The van der Waals surface area contributed by atoms with Gasteiger partial charge >= 0.3 is 5.97 Å². The second-order valence-corrected chi connectivity index (χ2v) is 5.84. The van der Waals surface area contributed by atoms with Crippen molar-refractivity contribution in [3.05, 3.63) is 22.6 Å². The van der Waals surface area contributed by atoms with Gasteiger partial charge in [0.2, 0.25) is 5.75 Å². The Balaban J connectivity index is 2.29. The summed E-state index contributed by atoms with van der Waals surface area (Å²) in [6.45, 7) is 1.37. The number of amides is 2. The Morgan fingerprint density at radius 1 is 1.24 bits per heavy atom. The Bertz CT molecular complexity index is 719. The molecule has 1 aliphatic rings. The molecule has 1 heterocycles. The van der Waals surface area contributed by atoms with Crippen LogP contribution in [-0.4, -0.2) is 54.5 Å². The number of thioether (sulfide) groups is 1. The Morgan fingerprint density at radius 2 is 1.84 bits per heavy atom. The van der Waals surface area contributed by atoms with Crippen molar-refractivity contribution >= 4 is 35.0 Å². The number of hydrogen-bond donors (Lipinski definition) is 1. The number of esters is 1. The summed E-state index contributed by atoms with van der Waals surface area (Å²) in [5.74, 6) is -1.08. The van der Waals surface area contributed by atoms with Gasteiger partial charge in [0.15, 0.2) is 11.5 Å². The highest BCUT2D eigenvalue weighted by atomic mass is 32.2. The van der Waals surface area contributed by atoms with Gasteiger partial charge in [0, 0.05) is 0 Å². The topological polar surface area (TPSA) is 102 Å². The van der Waals surface area contributed by atoms with E-state index in [2.05, 4.69) is 0 Å². The molecule has 0 spiro atoms. The van der Waals surface area contributed by atoms with Gasteiger partial charge in [-0.1, -0.05) is 0 Å². The zero-order valence-corrected chi connectivity index (χ0v) is 14.7. The first-order valence-electron chi connectivity index (χ1n) is 7.27. The quantitative estimate of drug-likeness (QED) is 0.602. The largest absolute Gasteiger partial charge is 0.502 e. The second kappa shape index (κ2) is 7.93. The first-order chi connectivity index (χ1) is 11.9. The number of aromatic hydroxyl groups is 1. The van der Waals surface area contributed by atoms with Crippen LogP contribution in [0.2, 0.25) is 0 Å². The predicted molar refractivity (Wildman–Crippen MR) is 90.5 cm³/mol. The Hall–Kier alpha value is -2.68. The van der Waals surface area contributed by atoms with E-state index < -0.39 is 23.7 Å². The Labute approximate surface area is 148 Å². The molecule has 1 N–H and O–H groups in total. The molecule has 2 rings (SSSR count). The minimum atomic E-state index is -0.654. The van der Waals surface area contributed by atoms with Crippen LogP contribution in [0.25, 0.3) is 6.08 Å². The third-order valence-electron chi connectivity index (χ3n) is 3.27. The molecule has 1 aromatic carbocycles. The maximum Gasteiger partial charge on any atom is 0.326 e. The lowest BCUT2D eigenvalue weighted by Crippen LogP contribution is -2.34. The van der Waals surface area contributed by atoms with Gasteiger partial charge < -0.3 is 19.3 Å². The molecule has 8 nitrogen and oxygen atoms in total. The fraction of sp³-hybridized carbons (Fsp3) is 0.312. The number of phenols is 1. The second-order valence-electron chi connectivity index (χ2n) is 4.85. The van der Waals surface area contributed by atoms with Gasteiger partial charge in [-0.3, -0.25) is 19.3 Å². The standard InChI is InChI=1S/C16H17NO7S/c1-4-24-13(18)8-17-15(20)12(25-16(17)21)7-9-5-10(22-2)14(19)11(6-9)23-3/h5-7,19H,4,8H2,1-3H3/b12-7-. The number of carbonyl (C=O) groups excluding carboxylic acids is 3. The highest BCUT2D eigenvalue weighted by Crippen LogP contribution is 2.39. The molecular formula is C16H17NO7S. The minimum Gasteiger partial charge on any atom is -0.502 e. The van der Waals surface area contributed by atoms with E-state index in [-0.39, 0.29) is 28.8 Å². The van der Waals surface area contributed by atoms with Gasteiger partial charge in [-0.05, 0) is 42.5 Å². The summed E-state index contributed by atoms with van der Waals surface area (Å²) in [7, 11) is 2.76. The van der Waals surface area contributed by atoms with E-state index in [1.807, 2.05) is 0 Å². The van der Waals surface area contributed by atoms with Crippen LogP contribution in [0.5, 0.6) is 17.2 Å². The molecule has 1 saturated heterocycles. The third kappa shape index (κ3) is 4.05. The summed E-state index contributed by atoms with van der Waals surface area (Å²) in [5, 5.41) is 9.35. The van der Waals surface area contributed by atoms with Crippen molar-refractivity contribution in [2.45, 2.75) is 6.92 Å². The highest BCUT2D eigenvalue weighted by molar-refractivity contribution is 8.18. The molecule has 2 amide bonds. The molecule has 0 radical (unpaired) electrons. The van der Waals surface area contributed by atoms with Crippen LogP contribution in [0.3, 0.4) is 0 Å². The molecule has 0 aromatic heterocycles. The maximum absolute atomic E-state index is 12.3. The summed E-state index contributed by atoms with van der Waals surface area (Å²) in [6.07, 6.45) is 1.46. The number of imide groups is 1. The fourth-order valence-electron chi connectivity index (χ4n) is 2.12. The maximum atomic E-state index is 12.3. The number of ether oxygens (including phenoxy) is 3. The van der Waals surface area contributed by atoms with Gasteiger partial charge in [-0.2, -0.15) is 0 Å². The molecular weight excluding hydrogens is 350 g/mol. The van der Waals surface area contributed by atoms with Crippen molar-refractivity contribution in [1.82, 2.24) is 4.90 Å². The van der Waals surface area contributed by atoms with Crippen molar-refractivity contribution in [1.29, 1.82) is 0 Å². The van der Waals surface area contributed by atoms with E-state index in [4.69, 9.17) is 14.2 Å². The van der Waals surface area contributed by atoms with E-state index in [0.717, 1.165) is 4.90 Å². The molecule has 9 heteroatoms. The lowest BCUT2D eigenvalue weighted by Gasteiger charge is -2.11. The molecule has 0 unspecified atom stereocenters. The molecule has 0 saturated carbocycles. The highest BCUT2D eigenvalue weighted by Gasteiger charge is 2.36. The molecule has 0 aliphatic carbocycles. The summed E-state index contributed by atoms with van der Waals surface area (Å²) < 4.78 is 14.9. The average Bonchev–Trinajstić information content (AvgIpc) is 2.84. The van der Waals surface area contributed by atoms with Crippen molar-refractivity contribution in [3.63, 3.8) is 0 Å². The zero-order chi connectivity index (χ0) is 18.6. The number of rotatable bonds is 6. The first kappa shape index (κ1) is 18.7. The van der Waals surface area contributed by atoms with Crippen LogP contribution in [0.1, 0.15) is 12.5 Å². The zero-order valence-electron chi connectivity index (χ0n) is 13.9. The lowest BCUT2D eigenvalue weighted by molar-refractivity contribution is -0.145. The van der Waals surface area contributed by atoms with Crippen LogP contribution < -0.4 is 9.47 Å². The Morgan fingerprint density at radius 3 is 2.36 bits per heavy atom. The average molecular weight is 367 g/mol. The first-order valence-corrected chi connectivity index (χ1v) is 8.08. The van der Waals surface area contributed by atoms with Crippen molar-refractivity contribution in [2.24, 2.45) is 0 Å². The van der Waals surface area contributed by atoms with Crippen LogP contribution >= 0.6 is 11.8 Å². The third-order valence-corrected chi connectivity index (χ3v) is 4.17. The number of carbonyl (C=O) groups is 3. The summed E-state index contributed by atoms with van der Waals surface area (Å²) in [6, 6.07) is 2.99. The van der Waals surface area contributed by atoms with Gasteiger partial charge in [0.05, 0.1) is 25.7 Å². The van der Waals surface area contributed by atoms with Crippen LogP contribution in [0.4, 0.5) is 4.79 Å². The molecule has 1 aliphatic heterocycles. The van der Waals surface area contributed by atoms with Crippen LogP contribution in [0.15, 0.2) is 17.0 Å². The molecule has 0 bridgehead atoms. The number of phenolic OH excluding ortho intramolecular Hbond substituents is 1. The normalized spacial score (nSPS) is 15.6. The number of benzene rings is 1.